The van der Waals surface area contributed by atoms with Gasteiger partial charge in [0, 0.05) is 45.1 Å². The van der Waals surface area contributed by atoms with Crippen molar-refractivity contribution in [3.8, 4) is 0 Å². The highest BCUT2D eigenvalue weighted by Crippen LogP contribution is 2.11. The molecule has 118 valence electrons. The molecule has 22 heavy (non-hydrogen) atoms. The molecule has 1 aliphatic heterocycles. The maximum Gasteiger partial charge on any atom is 0.0948 e. The molecule has 1 fully saturated rings. The second-order valence-corrected chi connectivity index (χ2v) is 5.90. The van der Waals surface area contributed by atoms with Gasteiger partial charge in [0.2, 0.25) is 0 Å². The third kappa shape index (κ3) is 3.93. The van der Waals surface area contributed by atoms with E-state index in [-0.39, 0.29) is 0 Å². The van der Waals surface area contributed by atoms with E-state index in [0.29, 0.717) is 0 Å². The molecule has 3 heterocycles. The van der Waals surface area contributed by atoms with Crippen LogP contribution in [0.25, 0.3) is 0 Å². The van der Waals surface area contributed by atoms with Crippen LogP contribution in [-0.2, 0) is 19.6 Å². The highest BCUT2D eigenvalue weighted by molar-refractivity contribution is 5.03. The molecule has 0 N–H and O–H groups in total. The van der Waals surface area contributed by atoms with Gasteiger partial charge in [-0.05, 0) is 38.6 Å². The second-order valence-electron chi connectivity index (χ2n) is 5.90. The lowest BCUT2D eigenvalue weighted by Crippen LogP contribution is -2.31. The van der Waals surface area contributed by atoms with Gasteiger partial charge in [0.05, 0.1) is 17.7 Å². The molecule has 0 radical (unpaired) electrons. The molecule has 0 aliphatic carbocycles. The molecule has 0 amide bonds. The van der Waals surface area contributed by atoms with Crippen molar-refractivity contribution in [1.29, 1.82) is 0 Å². The summed E-state index contributed by atoms with van der Waals surface area (Å²) in [5, 5.41) is 0. The largest absolute Gasteiger partial charge is 0.334 e. The maximum absolute atomic E-state index is 4.44. The molecule has 2 aromatic rings. The predicted octanol–water partition coefficient (Wildman–Crippen LogP) is 2.01. The van der Waals surface area contributed by atoms with Crippen LogP contribution < -0.4 is 0 Å². The van der Waals surface area contributed by atoms with Gasteiger partial charge >= 0.3 is 0 Å². The first-order chi connectivity index (χ1) is 10.8. The van der Waals surface area contributed by atoms with Crippen molar-refractivity contribution in [3.05, 3.63) is 48.3 Å². The summed E-state index contributed by atoms with van der Waals surface area (Å²) in [6.45, 7) is 9.66. The fourth-order valence-electron chi connectivity index (χ4n) is 3.06. The summed E-state index contributed by atoms with van der Waals surface area (Å²) in [5.41, 5.74) is 2.49. The molecule has 5 heteroatoms. The topological polar surface area (TPSA) is 37.2 Å². The minimum Gasteiger partial charge on any atom is -0.334 e. The van der Waals surface area contributed by atoms with Crippen molar-refractivity contribution in [1.82, 2.24) is 24.3 Å². The molecule has 0 aromatic carbocycles. The van der Waals surface area contributed by atoms with Crippen LogP contribution in [0.2, 0.25) is 0 Å². The predicted molar refractivity (Wildman–Crippen MR) is 87.3 cm³/mol. The lowest BCUT2D eigenvalue weighted by molar-refractivity contribution is 0.242. The van der Waals surface area contributed by atoms with Crippen LogP contribution >= 0.6 is 0 Å². The molecule has 2 aromatic heterocycles. The van der Waals surface area contributed by atoms with Gasteiger partial charge in [-0.25, -0.2) is 4.98 Å². The van der Waals surface area contributed by atoms with Crippen LogP contribution in [0, 0.1) is 0 Å². The molecule has 0 saturated carbocycles. The van der Waals surface area contributed by atoms with Gasteiger partial charge in [0.25, 0.3) is 0 Å². The Kier molecular flexibility index (Phi) is 5.19. The van der Waals surface area contributed by atoms with E-state index in [2.05, 4.69) is 43.4 Å². The van der Waals surface area contributed by atoms with Gasteiger partial charge in [-0.15, -0.1) is 0 Å². The zero-order valence-electron chi connectivity index (χ0n) is 13.4. The summed E-state index contributed by atoms with van der Waals surface area (Å²) in [6, 6.07) is 6.16. The SMILES string of the molecule is CCn1cncc1CN1CCCN(Cc2ccccn2)CC1. The number of aryl methyl sites for hydroxylation is 1. The number of aromatic nitrogens is 3. The van der Waals surface area contributed by atoms with E-state index in [0.717, 1.165) is 45.8 Å². The van der Waals surface area contributed by atoms with E-state index in [1.807, 2.05) is 24.8 Å². The van der Waals surface area contributed by atoms with Gasteiger partial charge in [0.15, 0.2) is 0 Å². The van der Waals surface area contributed by atoms with Crippen molar-refractivity contribution in [2.45, 2.75) is 33.0 Å². The monoisotopic (exact) mass is 299 g/mol. The molecule has 0 atom stereocenters. The number of nitrogens with zero attached hydrogens (tertiary/aromatic N) is 5. The van der Waals surface area contributed by atoms with E-state index in [1.165, 1.54) is 17.8 Å². The van der Waals surface area contributed by atoms with E-state index >= 15 is 0 Å². The smallest absolute Gasteiger partial charge is 0.0948 e. The third-order valence-corrected chi connectivity index (χ3v) is 4.32. The number of imidazole rings is 1. The van der Waals surface area contributed by atoms with Crippen molar-refractivity contribution in [3.63, 3.8) is 0 Å². The van der Waals surface area contributed by atoms with E-state index in [9.17, 15) is 0 Å². The van der Waals surface area contributed by atoms with Gasteiger partial charge in [-0.3, -0.25) is 14.8 Å². The maximum atomic E-state index is 4.44. The molecule has 0 unspecified atom stereocenters. The average Bonchev–Trinajstić information content (AvgIpc) is 2.88. The minimum absolute atomic E-state index is 0.960. The highest BCUT2D eigenvalue weighted by Gasteiger charge is 2.16. The van der Waals surface area contributed by atoms with Crippen molar-refractivity contribution < 1.29 is 0 Å². The summed E-state index contributed by atoms with van der Waals surface area (Å²) < 4.78 is 2.23. The number of pyridine rings is 1. The van der Waals surface area contributed by atoms with Crippen LogP contribution in [0.5, 0.6) is 0 Å². The van der Waals surface area contributed by atoms with Crippen LogP contribution in [0.4, 0.5) is 0 Å². The normalized spacial score (nSPS) is 17.5. The summed E-state index contributed by atoms with van der Waals surface area (Å²) in [7, 11) is 0. The summed E-state index contributed by atoms with van der Waals surface area (Å²) in [4.78, 5) is 13.8. The van der Waals surface area contributed by atoms with Crippen LogP contribution in [0.1, 0.15) is 24.7 Å². The Hall–Kier alpha value is -1.72. The molecular weight excluding hydrogens is 274 g/mol. The van der Waals surface area contributed by atoms with Gasteiger partial charge in [-0.1, -0.05) is 6.07 Å². The molecule has 1 saturated heterocycles. The second kappa shape index (κ2) is 7.51. The summed E-state index contributed by atoms with van der Waals surface area (Å²) in [5.74, 6) is 0. The number of hydrogen-bond acceptors (Lipinski definition) is 4. The Balaban J connectivity index is 1.54. The van der Waals surface area contributed by atoms with Gasteiger partial charge in [-0.2, -0.15) is 0 Å². The lowest BCUT2D eigenvalue weighted by Gasteiger charge is -2.21. The lowest BCUT2D eigenvalue weighted by atomic mass is 10.3. The zero-order chi connectivity index (χ0) is 15.2. The first-order valence-electron chi connectivity index (χ1n) is 8.19. The van der Waals surface area contributed by atoms with E-state index in [1.54, 1.807) is 0 Å². The molecule has 1 aliphatic rings. The van der Waals surface area contributed by atoms with E-state index in [4.69, 9.17) is 0 Å². The zero-order valence-corrected chi connectivity index (χ0v) is 13.4. The molecular formula is C17H25N5. The van der Waals surface area contributed by atoms with Gasteiger partial charge in [0.1, 0.15) is 0 Å². The van der Waals surface area contributed by atoms with Crippen LogP contribution in [-0.4, -0.2) is 50.5 Å². The Morgan fingerprint density at radius 1 is 1.05 bits per heavy atom. The highest BCUT2D eigenvalue weighted by atomic mass is 15.2. The molecule has 3 rings (SSSR count). The standard InChI is InChI=1S/C17H25N5/c1-2-22-15-18-12-17(22)14-21-9-5-8-20(10-11-21)13-16-6-3-4-7-19-16/h3-4,6-7,12,15H,2,5,8-11,13-14H2,1H3. The Morgan fingerprint density at radius 3 is 2.59 bits per heavy atom. The number of rotatable bonds is 5. The van der Waals surface area contributed by atoms with Crippen molar-refractivity contribution in [2.75, 3.05) is 26.2 Å². The minimum atomic E-state index is 0.960. The van der Waals surface area contributed by atoms with Crippen LogP contribution in [0.3, 0.4) is 0 Å². The fourth-order valence-corrected chi connectivity index (χ4v) is 3.06. The summed E-state index contributed by atoms with van der Waals surface area (Å²) in [6.07, 6.45) is 7.03. The third-order valence-electron chi connectivity index (χ3n) is 4.32. The molecule has 0 spiro atoms. The van der Waals surface area contributed by atoms with Crippen LogP contribution in [0.15, 0.2) is 36.9 Å². The Morgan fingerprint density at radius 2 is 1.86 bits per heavy atom. The van der Waals surface area contributed by atoms with Gasteiger partial charge < -0.3 is 4.57 Å². The first kappa shape index (κ1) is 15.2. The Labute approximate surface area is 132 Å². The fraction of sp³-hybridized carbons (Fsp3) is 0.529. The van der Waals surface area contributed by atoms with Crippen molar-refractivity contribution in [2.24, 2.45) is 0 Å². The van der Waals surface area contributed by atoms with E-state index < -0.39 is 0 Å². The molecule has 5 nitrogen and oxygen atoms in total. The number of hydrogen-bond donors (Lipinski definition) is 0. The quantitative estimate of drug-likeness (QED) is 0.846. The Bertz CT molecular complexity index is 565. The first-order valence-corrected chi connectivity index (χ1v) is 8.19. The average molecular weight is 299 g/mol. The summed E-state index contributed by atoms with van der Waals surface area (Å²) >= 11 is 0. The molecule has 0 bridgehead atoms. The van der Waals surface area contributed by atoms with Crippen molar-refractivity contribution >= 4 is 0 Å².